The molecule has 184 valence electrons. The van der Waals surface area contributed by atoms with Gasteiger partial charge in [-0.2, -0.15) is 26.3 Å². The van der Waals surface area contributed by atoms with Crippen LogP contribution in [0, 0.1) is 12.7 Å². The lowest BCUT2D eigenvalue weighted by atomic mass is 10.0. The Morgan fingerprint density at radius 3 is 2.31 bits per heavy atom. The van der Waals surface area contributed by atoms with Crippen molar-refractivity contribution in [2.75, 3.05) is 0 Å². The Balaban J connectivity index is 1.71. The molecule has 0 spiro atoms. The first-order chi connectivity index (χ1) is 16.2. The van der Waals surface area contributed by atoms with Gasteiger partial charge in [-0.15, -0.1) is 11.3 Å². The van der Waals surface area contributed by atoms with Crippen molar-refractivity contribution in [3.8, 4) is 11.1 Å². The predicted octanol–water partition coefficient (Wildman–Crippen LogP) is 6.83. The maximum atomic E-state index is 13.6. The molecule has 2 aromatic carbocycles. The summed E-state index contributed by atoms with van der Waals surface area (Å²) in [6.45, 7) is 1.56. The molecule has 2 heterocycles. The fourth-order valence-corrected chi connectivity index (χ4v) is 5.38. The summed E-state index contributed by atoms with van der Waals surface area (Å²) in [6, 6.07) is 9.94. The molecule has 4 nitrogen and oxygen atoms in total. The Labute approximate surface area is 200 Å². The number of aromatic nitrogens is 1. The predicted molar refractivity (Wildman–Crippen MR) is 115 cm³/mol. The van der Waals surface area contributed by atoms with Gasteiger partial charge in [0.15, 0.2) is 4.34 Å². The van der Waals surface area contributed by atoms with E-state index in [4.69, 9.17) is 4.42 Å². The Morgan fingerprint density at radius 2 is 1.69 bits per heavy atom. The number of nitrogens with zero attached hydrogens (tertiary/aromatic N) is 1. The molecule has 0 unspecified atom stereocenters. The van der Waals surface area contributed by atoms with Crippen LogP contribution in [0.4, 0.5) is 30.7 Å². The van der Waals surface area contributed by atoms with Gasteiger partial charge in [0.2, 0.25) is 0 Å². The number of fused-ring (bicyclic) bond motifs is 1. The minimum absolute atomic E-state index is 0.0339. The summed E-state index contributed by atoms with van der Waals surface area (Å²) in [6.07, 6.45) is -11.7. The highest BCUT2D eigenvalue weighted by atomic mass is 32.2. The number of aryl methyl sites for hydroxylation is 1. The molecular formula is C22H12F7NO3S2. The van der Waals surface area contributed by atoms with Gasteiger partial charge in [0.1, 0.15) is 11.4 Å². The van der Waals surface area contributed by atoms with Crippen molar-refractivity contribution >= 4 is 34.1 Å². The SMILES string of the molecule is Cc1cc(-c2cc(=O)oc3cc(Sc4ncc(C(O)(C(F)(F)F)C(F)(F)F)s4)ccc23)ccc1F. The molecule has 0 aliphatic rings. The molecule has 0 radical (unpaired) electrons. The second-order valence-corrected chi connectivity index (χ2v) is 9.75. The van der Waals surface area contributed by atoms with Crippen LogP contribution in [0.15, 0.2) is 67.1 Å². The largest absolute Gasteiger partial charge is 0.431 e. The summed E-state index contributed by atoms with van der Waals surface area (Å²) in [7, 11) is 0. The number of alkyl halides is 6. The summed E-state index contributed by atoms with van der Waals surface area (Å²) < 4.78 is 97.2. The lowest BCUT2D eigenvalue weighted by Gasteiger charge is -2.30. The zero-order valence-electron chi connectivity index (χ0n) is 17.3. The summed E-state index contributed by atoms with van der Waals surface area (Å²) in [5, 5.41) is 10.00. The molecule has 13 heteroatoms. The molecule has 2 aromatic heterocycles. The average molecular weight is 535 g/mol. The second kappa shape index (κ2) is 8.64. The minimum Gasteiger partial charge on any atom is -0.423 e. The van der Waals surface area contributed by atoms with Gasteiger partial charge >= 0.3 is 18.0 Å². The lowest BCUT2D eigenvalue weighted by Crippen LogP contribution is -2.53. The summed E-state index contributed by atoms with van der Waals surface area (Å²) in [5.41, 5.74) is -4.33. The molecular weight excluding hydrogens is 523 g/mol. The van der Waals surface area contributed by atoms with Crippen molar-refractivity contribution < 1.29 is 40.3 Å². The smallest absolute Gasteiger partial charge is 0.423 e. The van der Waals surface area contributed by atoms with Gasteiger partial charge in [-0.1, -0.05) is 17.8 Å². The fourth-order valence-electron chi connectivity index (χ4n) is 3.27. The molecule has 0 atom stereocenters. The third kappa shape index (κ3) is 4.55. The van der Waals surface area contributed by atoms with Crippen LogP contribution in [0.25, 0.3) is 22.1 Å². The molecule has 0 aliphatic heterocycles. The van der Waals surface area contributed by atoms with Gasteiger partial charge < -0.3 is 9.52 Å². The number of thiazole rings is 1. The Kier molecular flexibility index (Phi) is 6.22. The van der Waals surface area contributed by atoms with Crippen molar-refractivity contribution in [3.05, 3.63) is 75.3 Å². The van der Waals surface area contributed by atoms with Crippen LogP contribution in [-0.4, -0.2) is 22.4 Å². The summed E-state index contributed by atoms with van der Waals surface area (Å²) >= 11 is 0.756. The zero-order valence-corrected chi connectivity index (χ0v) is 18.9. The topological polar surface area (TPSA) is 63.3 Å². The van der Waals surface area contributed by atoms with E-state index < -0.39 is 34.3 Å². The molecule has 0 fully saturated rings. The van der Waals surface area contributed by atoms with E-state index in [1.807, 2.05) is 0 Å². The van der Waals surface area contributed by atoms with Crippen molar-refractivity contribution in [2.45, 2.75) is 34.1 Å². The van der Waals surface area contributed by atoms with Gasteiger partial charge in [0, 0.05) is 22.5 Å². The molecule has 0 amide bonds. The van der Waals surface area contributed by atoms with E-state index in [0.29, 0.717) is 33.2 Å². The maximum Gasteiger partial charge on any atom is 0.431 e. The first-order valence-corrected chi connectivity index (χ1v) is 11.2. The summed E-state index contributed by atoms with van der Waals surface area (Å²) in [5.74, 6) is -0.425. The number of aliphatic hydroxyl groups is 1. The van der Waals surface area contributed by atoms with E-state index in [-0.39, 0.29) is 21.3 Å². The van der Waals surface area contributed by atoms with E-state index in [0.717, 1.165) is 11.8 Å². The molecule has 0 aliphatic carbocycles. The van der Waals surface area contributed by atoms with Crippen molar-refractivity contribution in [3.63, 3.8) is 0 Å². The summed E-state index contributed by atoms with van der Waals surface area (Å²) in [4.78, 5) is 14.6. The molecule has 4 rings (SSSR count). The van der Waals surface area contributed by atoms with E-state index >= 15 is 0 Å². The molecule has 1 N–H and O–H groups in total. The first kappa shape index (κ1) is 25.2. The van der Waals surface area contributed by atoms with Crippen LogP contribution in [0.3, 0.4) is 0 Å². The van der Waals surface area contributed by atoms with Crippen LogP contribution >= 0.6 is 23.1 Å². The zero-order chi connectivity index (χ0) is 25.8. The van der Waals surface area contributed by atoms with Crippen LogP contribution in [0.2, 0.25) is 0 Å². The molecule has 0 saturated carbocycles. The highest BCUT2D eigenvalue weighted by Crippen LogP contribution is 2.52. The van der Waals surface area contributed by atoms with Gasteiger partial charge in [0.05, 0.1) is 4.88 Å². The van der Waals surface area contributed by atoms with Crippen LogP contribution in [0.1, 0.15) is 10.4 Å². The van der Waals surface area contributed by atoms with Crippen molar-refractivity contribution in [1.29, 1.82) is 0 Å². The number of rotatable bonds is 4. The van der Waals surface area contributed by atoms with Gasteiger partial charge in [-0.3, -0.25) is 0 Å². The number of benzene rings is 2. The quantitative estimate of drug-likeness (QED) is 0.229. The average Bonchev–Trinajstić information content (AvgIpc) is 3.21. The minimum atomic E-state index is -6.01. The van der Waals surface area contributed by atoms with E-state index in [1.54, 1.807) is 19.1 Å². The number of halogens is 7. The highest BCUT2D eigenvalue weighted by Gasteiger charge is 2.72. The fraction of sp³-hybridized carbons (Fsp3) is 0.182. The van der Waals surface area contributed by atoms with Crippen molar-refractivity contribution in [1.82, 2.24) is 4.98 Å². The Morgan fingerprint density at radius 1 is 1.00 bits per heavy atom. The van der Waals surface area contributed by atoms with Crippen LogP contribution < -0.4 is 5.63 Å². The molecule has 0 saturated heterocycles. The Hall–Kier alpha value is -2.90. The molecule has 35 heavy (non-hydrogen) atoms. The van der Waals surface area contributed by atoms with Gasteiger partial charge in [-0.05, 0) is 53.9 Å². The third-order valence-electron chi connectivity index (χ3n) is 5.05. The molecule has 4 aromatic rings. The molecule has 0 bridgehead atoms. The van der Waals surface area contributed by atoms with Crippen molar-refractivity contribution in [2.24, 2.45) is 0 Å². The van der Waals surface area contributed by atoms with Gasteiger partial charge in [-0.25, -0.2) is 14.2 Å². The monoisotopic (exact) mass is 535 g/mol. The van der Waals surface area contributed by atoms with Crippen LogP contribution in [0.5, 0.6) is 0 Å². The lowest BCUT2D eigenvalue weighted by molar-refractivity contribution is -0.375. The van der Waals surface area contributed by atoms with E-state index in [1.165, 1.54) is 30.3 Å². The second-order valence-electron chi connectivity index (χ2n) is 7.40. The van der Waals surface area contributed by atoms with E-state index in [2.05, 4.69) is 4.98 Å². The normalized spacial score (nSPS) is 12.9. The third-order valence-corrected chi connectivity index (χ3v) is 7.22. The van der Waals surface area contributed by atoms with E-state index in [9.17, 15) is 40.6 Å². The Bertz CT molecular complexity index is 1460. The standard InChI is InChI=1S/C22H12F7NO3S2/c1-10-6-11(2-5-15(10)23)14-8-18(31)33-16-7-12(3-4-13(14)16)34-19-30-9-17(35-19)20(32,21(24,25)26)22(27,28)29/h2-9,32H,1H3. The van der Waals surface area contributed by atoms with Crippen LogP contribution in [-0.2, 0) is 5.60 Å². The highest BCUT2D eigenvalue weighted by molar-refractivity contribution is 8.01. The van der Waals surface area contributed by atoms with Gasteiger partial charge in [0.25, 0.3) is 5.60 Å². The number of hydrogen-bond acceptors (Lipinski definition) is 6. The first-order valence-electron chi connectivity index (χ1n) is 9.55. The maximum absolute atomic E-state index is 13.6. The number of hydrogen-bond donors (Lipinski definition) is 1.